The minimum absolute atomic E-state index is 1.05. The molecule has 90 valence electrons. The van der Waals surface area contributed by atoms with Crippen molar-refractivity contribution >= 4 is 0 Å². The summed E-state index contributed by atoms with van der Waals surface area (Å²) in [5.74, 6) is 5.93. The van der Waals surface area contributed by atoms with Crippen molar-refractivity contribution in [2.24, 2.45) is 0 Å². The first-order valence-electron chi connectivity index (χ1n) is 6.17. The molecule has 0 fully saturated rings. The Morgan fingerprint density at radius 3 is 2.24 bits per heavy atom. The lowest BCUT2D eigenvalue weighted by Gasteiger charge is -1.83. The van der Waals surface area contributed by atoms with E-state index >= 15 is 0 Å². The van der Waals surface area contributed by atoms with Crippen LogP contribution in [0.2, 0.25) is 0 Å². The first kappa shape index (κ1) is 15.3. The lowest BCUT2D eigenvalue weighted by Crippen LogP contribution is -1.63. The molecule has 0 aliphatic heterocycles. The SMILES string of the molecule is C=CC=CCCC=CC=CC#CC=CCCC. The Bertz CT molecular complexity index is 340. The first-order valence-corrected chi connectivity index (χ1v) is 6.17. The molecule has 0 spiro atoms. The maximum atomic E-state index is 3.62. The molecule has 0 amide bonds. The van der Waals surface area contributed by atoms with Crippen LogP contribution in [0, 0.1) is 11.8 Å². The Morgan fingerprint density at radius 1 is 0.824 bits per heavy atom. The molecule has 0 aromatic rings. The van der Waals surface area contributed by atoms with Crippen LogP contribution in [0.15, 0.2) is 61.3 Å². The van der Waals surface area contributed by atoms with Crippen LogP contribution in [-0.2, 0) is 0 Å². The zero-order chi connectivity index (χ0) is 12.6. The van der Waals surface area contributed by atoms with E-state index < -0.39 is 0 Å². The third-order valence-electron chi connectivity index (χ3n) is 1.94. The van der Waals surface area contributed by atoms with Crippen molar-refractivity contribution in [2.75, 3.05) is 0 Å². The van der Waals surface area contributed by atoms with Crippen molar-refractivity contribution in [1.82, 2.24) is 0 Å². The van der Waals surface area contributed by atoms with Gasteiger partial charge in [0.2, 0.25) is 0 Å². The Hall–Kier alpha value is -1.74. The highest BCUT2D eigenvalue weighted by Crippen LogP contribution is 1.93. The molecule has 0 aromatic heterocycles. The molecule has 0 radical (unpaired) electrons. The molecular formula is C17H22. The van der Waals surface area contributed by atoms with Gasteiger partial charge in [0, 0.05) is 0 Å². The number of rotatable bonds is 7. The van der Waals surface area contributed by atoms with Crippen molar-refractivity contribution in [3.05, 3.63) is 61.3 Å². The van der Waals surface area contributed by atoms with E-state index in [4.69, 9.17) is 0 Å². The Labute approximate surface area is 106 Å². The van der Waals surface area contributed by atoms with Gasteiger partial charge in [-0.2, -0.15) is 0 Å². The number of allylic oxidation sites excluding steroid dienone is 9. The van der Waals surface area contributed by atoms with Gasteiger partial charge in [-0.3, -0.25) is 0 Å². The predicted molar refractivity (Wildman–Crippen MR) is 78.7 cm³/mol. The van der Waals surface area contributed by atoms with E-state index in [0.717, 1.165) is 19.3 Å². The van der Waals surface area contributed by atoms with Gasteiger partial charge in [0.25, 0.3) is 0 Å². The second-order valence-electron chi connectivity index (χ2n) is 3.51. The molecule has 0 aromatic carbocycles. The van der Waals surface area contributed by atoms with Crippen LogP contribution in [0.1, 0.15) is 32.6 Å². The van der Waals surface area contributed by atoms with Gasteiger partial charge in [-0.1, -0.05) is 74.3 Å². The lowest BCUT2D eigenvalue weighted by molar-refractivity contribution is 0.959. The maximum absolute atomic E-state index is 3.62. The van der Waals surface area contributed by atoms with Gasteiger partial charge in [-0.15, -0.1) is 0 Å². The van der Waals surface area contributed by atoms with Crippen LogP contribution in [0.25, 0.3) is 0 Å². The average molecular weight is 226 g/mol. The number of unbranched alkanes of at least 4 members (excludes halogenated alkanes) is 2. The summed E-state index contributed by atoms with van der Waals surface area (Å²) in [5, 5.41) is 0. The molecule has 0 saturated heterocycles. The standard InChI is InChI=1S/C17H22/c1-3-5-7-9-11-13-15-17-16-14-12-10-8-6-4-2/h3,5,7-8,10,13,15-17H,1,4,6,9,11H2,2H3. The van der Waals surface area contributed by atoms with E-state index in [1.54, 1.807) is 6.08 Å². The highest BCUT2D eigenvalue weighted by atomic mass is 13.8. The van der Waals surface area contributed by atoms with Crippen molar-refractivity contribution in [3.63, 3.8) is 0 Å². The highest BCUT2D eigenvalue weighted by molar-refractivity contribution is 5.25. The van der Waals surface area contributed by atoms with Crippen molar-refractivity contribution in [1.29, 1.82) is 0 Å². The van der Waals surface area contributed by atoms with Crippen molar-refractivity contribution < 1.29 is 0 Å². The van der Waals surface area contributed by atoms with E-state index in [2.05, 4.69) is 43.6 Å². The maximum Gasteiger partial charge on any atom is -0.0115 e. The molecule has 0 aliphatic rings. The quantitative estimate of drug-likeness (QED) is 0.326. The van der Waals surface area contributed by atoms with E-state index in [1.165, 1.54) is 6.42 Å². The molecule has 0 atom stereocenters. The molecule has 0 bridgehead atoms. The summed E-state index contributed by atoms with van der Waals surface area (Å²) >= 11 is 0. The van der Waals surface area contributed by atoms with E-state index in [9.17, 15) is 0 Å². The summed E-state index contributed by atoms with van der Waals surface area (Å²) in [4.78, 5) is 0. The topological polar surface area (TPSA) is 0 Å². The second-order valence-corrected chi connectivity index (χ2v) is 3.51. The Morgan fingerprint density at radius 2 is 1.53 bits per heavy atom. The predicted octanol–water partition coefficient (Wildman–Crippen LogP) is 4.98. The third kappa shape index (κ3) is 14.3. The minimum atomic E-state index is 1.05. The van der Waals surface area contributed by atoms with Gasteiger partial charge in [0.05, 0.1) is 0 Å². The van der Waals surface area contributed by atoms with E-state index in [0.29, 0.717) is 0 Å². The summed E-state index contributed by atoms with van der Waals surface area (Å²) in [6.45, 7) is 5.78. The fourth-order valence-electron chi connectivity index (χ4n) is 1.07. The van der Waals surface area contributed by atoms with Crippen LogP contribution in [0.5, 0.6) is 0 Å². The fourth-order valence-corrected chi connectivity index (χ4v) is 1.07. The molecule has 0 rings (SSSR count). The van der Waals surface area contributed by atoms with E-state index in [-0.39, 0.29) is 0 Å². The molecule has 0 heterocycles. The molecule has 0 unspecified atom stereocenters. The van der Waals surface area contributed by atoms with Crippen LogP contribution >= 0.6 is 0 Å². The van der Waals surface area contributed by atoms with Crippen molar-refractivity contribution in [3.8, 4) is 11.8 Å². The van der Waals surface area contributed by atoms with Gasteiger partial charge in [0.15, 0.2) is 0 Å². The highest BCUT2D eigenvalue weighted by Gasteiger charge is 1.73. The van der Waals surface area contributed by atoms with Crippen LogP contribution in [0.4, 0.5) is 0 Å². The molecule has 0 nitrogen and oxygen atoms in total. The van der Waals surface area contributed by atoms with Gasteiger partial charge in [-0.05, 0) is 31.4 Å². The van der Waals surface area contributed by atoms with Crippen LogP contribution in [-0.4, -0.2) is 0 Å². The van der Waals surface area contributed by atoms with Crippen LogP contribution in [0.3, 0.4) is 0 Å². The zero-order valence-electron chi connectivity index (χ0n) is 10.7. The van der Waals surface area contributed by atoms with Gasteiger partial charge >= 0.3 is 0 Å². The number of hydrogen-bond donors (Lipinski definition) is 0. The summed E-state index contributed by atoms with van der Waals surface area (Å²) in [7, 11) is 0. The minimum Gasteiger partial charge on any atom is -0.0991 e. The first-order chi connectivity index (χ1) is 8.41. The molecule has 0 N–H and O–H groups in total. The summed E-state index contributed by atoms with van der Waals surface area (Å²) in [6, 6.07) is 0. The van der Waals surface area contributed by atoms with Gasteiger partial charge in [0.1, 0.15) is 0 Å². The lowest BCUT2D eigenvalue weighted by atomic mass is 10.2. The molecule has 17 heavy (non-hydrogen) atoms. The molecule has 0 aliphatic carbocycles. The monoisotopic (exact) mass is 226 g/mol. The average Bonchev–Trinajstić information content (AvgIpc) is 2.35. The van der Waals surface area contributed by atoms with E-state index in [1.807, 2.05) is 30.4 Å². The fraction of sp³-hybridized carbons (Fsp3) is 0.294. The Balaban J connectivity index is 3.61. The Kier molecular flexibility index (Phi) is 12.8. The smallest absolute Gasteiger partial charge is 0.0115 e. The normalized spacial score (nSPS) is 11.6. The molecule has 0 saturated carbocycles. The summed E-state index contributed by atoms with van der Waals surface area (Å²) in [6.07, 6.45) is 22.3. The van der Waals surface area contributed by atoms with Crippen LogP contribution < -0.4 is 0 Å². The number of hydrogen-bond acceptors (Lipinski definition) is 0. The second kappa shape index (κ2) is 14.3. The third-order valence-corrected chi connectivity index (χ3v) is 1.94. The summed E-state index contributed by atoms with van der Waals surface area (Å²) in [5.41, 5.74) is 0. The largest absolute Gasteiger partial charge is 0.0991 e. The molecule has 0 heteroatoms. The van der Waals surface area contributed by atoms with Gasteiger partial charge in [-0.25, -0.2) is 0 Å². The molecular weight excluding hydrogens is 204 g/mol. The zero-order valence-corrected chi connectivity index (χ0v) is 10.7. The summed E-state index contributed by atoms with van der Waals surface area (Å²) < 4.78 is 0. The van der Waals surface area contributed by atoms with Gasteiger partial charge < -0.3 is 0 Å². The van der Waals surface area contributed by atoms with Crippen molar-refractivity contribution in [2.45, 2.75) is 32.6 Å².